The number of rotatable bonds is 6. The third kappa shape index (κ3) is 6.05. The van der Waals surface area contributed by atoms with Crippen LogP contribution in [-0.2, 0) is 19.1 Å². The van der Waals surface area contributed by atoms with Gasteiger partial charge in [0.2, 0.25) is 0 Å². The normalized spacial score (nSPS) is 22.8. The Balaban J connectivity index is 2.17. The second-order valence-corrected chi connectivity index (χ2v) is 5.08. The average molecular weight is 271 g/mol. The predicted octanol–water partition coefficient (Wildman–Crippen LogP) is 1.65. The van der Waals surface area contributed by atoms with E-state index in [1.165, 1.54) is 6.42 Å². The van der Waals surface area contributed by atoms with Gasteiger partial charge in [0.25, 0.3) is 0 Å². The molecule has 1 N–H and O–H groups in total. The first-order chi connectivity index (χ1) is 9.17. The number of methoxy groups -OCH3 is 1. The van der Waals surface area contributed by atoms with Gasteiger partial charge >= 0.3 is 11.9 Å². The van der Waals surface area contributed by atoms with Gasteiger partial charge in [-0.15, -0.1) is 0 Å². The third-order valence-electron chi connectivity index (χ3n) is 3.67. The van der Waals surface area contributed by atoms with Crippen LogP contribution in [0.3, 0.4) is 0 Å². The molecule has 0 saturated heterocycles. The molecular formula is C14H25NO4. The van der Waals surface area contributed by atoms with Crippen molar-refractivity contribution in [1.82, 2.24) is 5.32 Å². The summed E-state index contributed by atoms with van der Waals surface area (Å²) >= 11 is 0. The molecule has 0 heterocycles. The standard InChI is InChI=1S/C14H25NO4/c1-3-11-5-7-12(8-6-11)15-13(16)14(17)19-10-4-9-18-2/h11-12H,3-10H2,1-2H3,(H,15,16). The van der Waals surface area contributed by atoms with E-state index < -0.39 is 11.9 Å². The SMILES string of the molecule is CCC1CCC(NC(=O)C(=O)OCCCOC)CC1. The fourth-order valence-corrected chi connectivity index (χ4v) is 2.39. The van der Waals surface area contributed by atoms with E-state index in [0.717, 1.165) is 31.6 Å². The van der Waals surface area contributed by atoms with Gasteiger partial charge in [0, 0.05) is 26.2 Å². The van der Waals surface area contributed by atoms with E-state index in [-0.39, 0.29) is 12.6 Å². The Bertz CT molecular complexity index is 285. The molecule has 19 heavy (non-hydrogen) atoms. The zero-order valence-corrected chi connectivity index (χ0v) is 11.9. The number of ether oxygens (including phenoxy) is 2. The van der Waals surface area contributed by atoms with Gasteiger partial charge in [-0.2, -0.15) is 0 Å². The van der Waals surface area contributed by atoms with E-state index in [1.54, 1.807) is 7.11 Å². The van der Waals surface area contributed by atoms with Crippen LogP contribution in [0.2, 0.25) is 0 Å². The number of esters is 1. The highest BCUT2D eigenvalue weighted by Gasteiger charge is 2.24. The monoisotopic (exact) mass is 271 g/mol. The second kappa shape index (κ2) is 8.91. The summed E-state index contributed by atoms with van der Waals surface area (Å²) in [5.74, 6) is -0.625. The summed E-state index contributed by atoms with van der Waals surface area (Å²) in [6.07, 6.45) is 5.98. The largest absolute Gasteiger partial charge is 0.458 e. The minimum absolute atomic E-state index is 0.127. The van der Waals surface area contributed by atoms with Crippen LogP contribution in [0.25, 0.3) is 0 Å². The summed E-state index contributed by atoms with van der Waals surface area (Å²) in [6.45, 7) is 2.94. The molecule has 110 valence electrons. The van der Waals surface area contributed by atoms with Crippen molar-refractivity contribution in [3.8, 4) is 0 Å². The molecule has 5 nitrogen and oxygen atoms in total. The molecule has 0 bridgehead atoms. The lowest BCUT2D eigenvalue weighted by atomic mass is 9.84. The molecule has 0 aromatic carbocycles. The van der Waals surface area contributed by atoms with Crippen LogP contribution in [0.4, 0.5) is 0 Å². The Kier molecular flexibility index (Phi) is 7.48. The summed E-state index contributed by atoms with van der Waals surface area (Å²) in [6, 6.07) is 0.127. The maximum Gasteiger partial charge on any atom is 0.396 e. The lowest BCUT2D eigenvalue weighted by Gasteiger charge is -2.28. The zero-order valence-electron chi connectivity index (χ0n) is 11.9. The number of amides is 1. The van der Waals surface area contributed by atoms with Gasteiger partial charge in [-0.3, -0.25) is 4.79 Å². The lowest BCUT2D eigenvalue weighted by Crippen LogP contribution is -2.42. The van der Waals surface area contributed by atoms with Crippen molar-refractivity contribution in [2.75, 3.05) is 20.3 Å². The summed E-state index contributed by atoms with van der Waals surface area (Å²) < 4.78 is 9.69. The van der Waals surface area contributed by atoms with Crippen molar-refractivity contribution in [2.24, 2.45) is 5.92 Å². The molecule has 1 aliphatic rings. The molecule has 0 aliphatic heterocycles. The molecule has 1 amide bonds. The summed E-state index contributed by atoms with van der Waals surface area (Å²) in [4.78, 5) is 23.0. The van der Waals surface area contributed by atoms with Crippen molar-refractivity contribution < 1.29 is 19.1 Å². The molecular weight excluding hydrogens is 246 g/mol. The van der Waals surface area contributed by atoms with Gasteiger partial charge in [-0.1, -0.05) is 13.3 Å². The third-order valence-corrected chi connectivity index (χ3v) is 3.67. The lowest BCUT2D eigenvalue weighted by molar-refractivity contribution is -0.155. The first kappa shape index (κ1) is 16.0. The van der Waals surface area contributed by atoms with Crippen molar-refractivity contribution in [3.63, 3.8) is 0 Å². The number of hydrogen-bond donors (Lipinski definition) is 1. The Morgan fingerprint density at radius 3 is 2.42 bits per heavy atom. The molecule has 0 aromatic heterocycles. The van der Waals surface area contributed by atoms with Crippen LogP contribution >= 0.6 is 0 Å². The van der Waals surface area contributed by atoms with Crippen LogP contribution in [0.1, 0.15) is 45.4 Å². The summed E-state index contributed by atoms with van der Waals surface area (Å²) in [5.41, 5.74) is 0. The van der Waals surface area contributed by atoms with Crippen LogP contribution in [0, 0.1) is 5.92 Å². The Morgan fingerprint density at radius 1 is 1.16 bits per heavy atom. The fraction of sp³-hybridized carbons (Fsp3) is 0.857. The highest BCUT2D eigenvalue weighted by atomic mass is 16.5. The number of carbonyl (C=O) groups is 2. The van der Waals surface area contributed by atoms with E-state index in [1.807, 2.05) is 0 Å². The molecule has 5 heteroatoms. The Labute approximate surface area is 115 Å². The van der Waals surface area contributed by atoms with Gasteiger partial charge in [0.15, 0.2) is 0 Å². The highest BCUT2D eigenvalue weighted by molar-refractivity contribution is 6.32. The Morgan fingerprint density at radius 2 is 1.84 bits per heavy atom. The number of nitrogens with one attached hydrogen (secondary N) is 1. The molecule has 1 aliphatic carbocycles. The molecule has 0 atom stereocenters. The first-order valence-corrected chi connectivity index (χ1v) is 7.13. The predicted molar refractivity (Wildman–Crippen MR) is 71.6 cm³/mol. The van der Waals surface area contributed by atoms with E-state index in [4.69, 9.17) is 9.47 Å². The van der Waals surface area contributed by atoms with Crippen LogP contribution in [-0.4, -0.2) is 38.2 Å². The van der Waals surface area contributed by atoms with E-state index in [2.05, 4.69) is 12.2 Å². The van der Waals surface area contributed by atoms with Gasteiger partial charge in [0.1, 0.15) is 0 Å². The van der Waals surface area contributed by atoms with Gasteiger partial charge in [-0.25, -0.2) is 4.79 Å². The van der Waals surface area contributed by atoms with Gasteiger partial charge in [-0.05, 0) is 31.6 Å². The molecule has 0 radical (unpaired) electrons. The molecule has 1 rings (SSSR count). The molecule has 1 fully saturated rings. The topological polar surface area (TPSA) is 64.6 Å². The van der Waals surface area contributed by atoms with E-state index in [0.29, 0.717) is 13.0 Å². The quantitative estimate of drug-likeness (QED) is 0.453. The van der Waals surface area contributed by atoms with Crippen molar-refractivity contribution in [1.29, 1.82) is 0 Å². The summed E-state index contributed by atoms with van der Waals surface area (Å²) in [7, 11) is 1.58. The minimum Gasteiger partial charge on any atom is -0.458 e. The highest BCUT2D eigenvalue weighted by Crippen LogP contribution is 2.26. The maximum atomic E-state index is 11.6. The van der Waals surface area contributed by atoms with Crippen molar-refractivity contribution in [3.05, 3.63) is 0 Å². The maximum absolute atomic E-state index is 11.6. The van der Waals surface area contributed by atoms with E-state index >= 15 is 0 Å². The molecule has 1 saturated carbocycles. The van der Waals surface area contributed by atoms with Crippen LogP contribution < -0.4 is 5.32 Å². The average Bonchev–Trinajstić information content (AvgIpc) is 2.44. The number of hydrogen-bond acceptors (Lipinski definition) is 4. The zero-order chi connectivity index (χ0) is 14.1. The molecule has 0 aromatic rings. The van der Waals surface area contributed by atoms with Crippen LogP contribution in [0.15, 0.2) is 0 Å². The van der Waals surface area contributed by atoms with Crippen molar-refractivity contribution in [2.45, 2.75) is 51.5 Å². The minimum atomic E-state index is -0.784. The van der Waals surface area contributed by atoms with Gasteiger partial charge in [0.05, 0.1) is 6.61 Å². The molecule has 0 unspecified atom stereocenters. The second-order valence-electron chi connectivity index (χ2n) is 5.08. The molecule has 0 spiro atoms. The van der Waals surface area contributed by atoms with E-state index in [9.17, 15) is 9.59 Å². The fourth-order valence-electron chi connectivity index (χ4n) is 2.39. The first-order valence-electron chi connectivity index (χ1n) is 7.13. The van der Waals surface area contributed by atoms with Crippen LogP contribution in [0.5, 0.6) is 0 Å². The number of carbonyl (C=O) groups excluding carboxylic acids is 2. The Hall–Kier alpha value is -1.10. The smallest absolute Gasteiger partial charge is 0.396 e. The van der Waals surface area contributed by atoms with Crippen molar-refractivity contribution >= 4 is 11.9 Å². The summed E-state index contributed by atoms with van der Waals surface area (Å²) in [5, 5.41) is 2.76. The van der Waals surface area contributed by atoms with Gasteiger partial charge < -0.3 is 14.8 Å².